The van der Waals surface area contributed by atoms with E-state index in [0.29, 0.717) is 24.4 Å². The summed E-state index contributed by atoms with van der Waals surface area (Å²) in [7, 11) is 5.40. The highest BCUT2D eigenvalue weighted by Gasteiger charge is 2.36. The molecule has 0 spiro atoms. The summed E-state index contributed by atoms with van der Waals surface area (Å²) in [5, 5.41) is 3.40. The van der Waals surface area contributed by atoms with Crippen LogP contribution < -0.4 is 15.0 Å². The zero-order valence-electron chi connectivity index (χ0n) is 24.4. The molecule has 1 saturated carbocycles. The summed E-state index contributed by atoms with van der Waals surface area (Å²) in [6, 6.07) is 19.6. The fourth-order valence-corrected chi connectivity index (χ4v) is 6.69. The Labute approximate surface area is 242 Å². The van der Waals surface area contributed by atoms with Crippen molar-refractivity contribution in [2.75, 3.05) is 26.1 Å². The number of hydrogen-bond acceptors (Lipinski definition) is 4. The molecule has 0 aliphatic heterocycles. The molecule has 41 heavy (non-hydrogen) atoms. The molecule has 0 saturated heterocycles. The van der Waals surface area contributed by atoms with Crippen molar-refractivity contribution in [3.63, 3.8) is 0 Å². The Morgan fingerprint density at radius 1 is 1.07 bits per heavy atom. The van der Waals surface area contributed by atoms with Crippen molar-refractivity contribution in [1.82, 2.24) is 5.32 Å². The van der Waals surface area contributed by atoms with Gasteiger partial charge in [-0.25, -0.2) is 4.39 Å². The van der Waals surface area contributed by atoms with E-state index in [1.165, 1.54) is 11.0 Å². The third-order valence-corrected chi connectivity index (χ3v) is 9.16. The Morgan fingerprint density at radius 2 is 1.78 bits per heavy atom. The molecule has 1 fully saturated rings. The molecular formula is C35H39FN2O3. The fraction of sp³-hybridized carbons (Fsp3) is 0.371. The lowest BCUT2D eigenvalue weighted by molar-refractivity contribution is -0.121. The summed E-state index contributed by atoms with van der Waals surface area (Å²) in [4.78, 5) is 27.1. The Balaban J connectivity index is 1.49. The number of nitrogens with zero attached hydrogens (tertiary/aromatic N) is 1. The molecule has 1 amide bonds. The summed E-state index contributed by atoms with van der Waals surface area (Å²) in [6.45, 7) is 1.89. The molecule has 0 radical (unpaired) electrons. The van der Waals surface area contributed by atoms with E-state index in [2.05, 4.69) is 11.4 Å². The van der Waals surface area contributed by atoms with Gasteiger partial charge in [-0.1, -0.05) is 30.3 Å². The predicted molar refractivity (Wildman–Crippen MR) is 163 cm³/mol. The third-order valence-electron chi connectivity index (χ3n) is 9.16. The molecule has 2 aliphatic carbocycles. The van der Waals surface area contributed by atoms with E-state index in [4.69, 9.17) is 4.74 Å². The molecule has 1 N–H and O–H groups in total. The highest BCUT2D eigenvalue weighted by atomic mass is 19.1. The topological polar surface area (TPSA) is 58.6 Å². The van der Waals surface area contributed by atoms with Crippen LogP contribution in [-0.2, 0) is 22.4 Å². The molecule has 214 valence electrons. The van der Waals surface area contributed by atoms with Gasteiger partial charge < -0.3 is 15.0 Å². The first-order valence-electron chi connectivity index (χ1n) is 14.5. The summed E-state index contributed by atoms with van der Waals surface area (Å²) in [5.41, 5.74) is 6.87. The average Bonchev–Trinajstić information content (AvgIpc) is 3.36. The van der Waals surface area contributed by atoms with E-state index in [0.717, 1.165) is 76.9 Å². The maximum Gasteiger partial charge on any atom is 0.213 e. The van der Waals surface area contributed by atoms with Crippen LogP contribution in [0.2, 0.25) is 0 Å². The van der Waals surface area contributed by atoms with Crippen molar-refractivity contribution in [2.24, 2.45) is 11.8 Å². The van der Waals surface area contributed by atoms with Crippen molar-refractivity contribution in [3.8, 4) is 16.9 Å². The predicted octanol–water partition coefficient (Wildman–Crippen LogP) is 6.63. The van der Waals surface area contributed by atoms with Gasteiger partial charge in [0.25, 0.3) is 0 Å². The molecule has 5 nitrogen and oxygen atoms in total. The number of amides is 1. The molecule has 3 aromatic rings. The minimum Gasteiger partial charge on any atom is -0.496 e. The quantitative estimate of drug-likeness (QED) is 0.286. The van der Waals surface area contributed by atoms with E-state index < -0.39 is 0 Å². The van der Waals surface area contributed by atoms with E-state index >= 15 is 0 Å². The zero-order chi connectivity index (χ0) is 29.1. The number of ether oxygens (including phenoxy) is 1. The van der Waals surface area contributed by atoms with Crippen LogP contribution in [0.5, 0.6) is 5.75 Å². The van der Waals surface area contributed by atoms with Gasteiger partial charge in [0.15, 0.2) is 5.78 Å². The Morgan fingerprint density at radius 3 is 2.41 bits per heavy atom. The summed E-state index contributed by atoms with van der Waals surface area (Å²) < 4.78 is 20.6. The molecular weight excluding hydrogens is 515 g/mol. The van der Waals surface area contributed by atoms with Crippen molar-refractivity contribution < 1.29 is 18.7 Å². The molecule has 0 bridgehead atoms. The molecule has 0 aromatic heterocycles. The maximum absolute atomic E-state index is 14.8. The first kappa shape index (κ1) is 28.7. The lowest BCUT2D eigenvalue weighted by atomic mass is 9.72. The van der Waals surface area contributed by atoms with E-state index in [-0.39, 0.29) is 23.4 Å². The minimum atomic E-state index is -0.256. The molecule has 1 unspecified atom stereocenters. The maximum atomic E-state index is 14.8. The first-order valence-corrected chi connectivity index (χ1v) is 14.5. The number of carbonyl (C=O) groups is 2. The van der Waals surface area contributed by atoms with Gasteiger partial charge in [0.1, 0.15) is 11.6 Å². The number of carbonyl (C=O) groups excluding carboxylic acids is 2. The number of nitrogens with one attached hydrogen (secondary N) is 1. The molecule has 3 aromatic carbocycles. The van der Waals surface area contributed by atoms with Crippen molar-refractivity contribution in [3.05, 3.63) is 88.7 Å². The van der Waals surface area contributed by atoms with E-state index in [9.17, 15) is 14.0 Å². The molecule has 1 atom stereocenters. The summed E-state index contributed by atoms with van der Waals surface area (Å²) in [5.74, 6) is 0.669. The first-order chi connectivity index (χ1) is 19.8. The second-order valence-corrected chi connectivity index (χ2v) is 11.4. The number of allylic oxidation sites excluding steroid dienone is 2. The monoisotopic (exact) mass is 554 g/mol. The van der Waals surface area contributed by atoms with Crippen LogP contribution in [0, 0.1) is 17.7 Å². The van der Waals surface area contributed by atoms with Crippen LogP contribution in [0.15, 0.2) is 66.2 Å². The van der Waals surface area contributed by atoms with Crippen LogP contribution in [0.25, 0.3) is 16.7 Å². The third kappa shape index (κ3) is 5.84. The Bertz CT molecular complexity index is 1450. The molecule has 6 heteroatoms. The Kier molecular flexibility index (Phi) is 8.69. The SMILES string of the molecule is CNC1CCC(C(Cc2cc(-c3ccc(N(C)C=O)cc3)ccc2OC)C(=O)C2=C(C)c3c(F)cccc3C2)CC1. The number of hydrogen-bond donors (Lipinski definition) is 1. The highest BCUT2D eigenvalue weighted by Crippen LogP contribution is 2.41. The van der Waals surface area contributed by atoms with E-state index in [1.807, 2.05) is 56.4 Å². The van der Waals surface area contributed by atoms with E-state index in [1.54, 1.807) is 20.2 Å². The molecule has 5 rings (SSSR count). The Hall–Kier alpha value is -3.77. The van der Waals surface area contributed by atoms with Gasteiger partial charge in [-0.05, 0) is 110 Å². The van der Waals surface area contributed by atoms with Crippen LogP contribution in [0.1, 0.15) is 49.3 Å². The van der Waals surface area contributed by atoms with Gasteiger partial charge in [0.05, 0.1) is 7.11 Å². The number of anilines is 1. The molecule has 0 heterocycles. The number of fused-ring (bicyclic) bond motifs is 1. The summed E-state index contributed by atoms with van der Waals surface area (Å²) in [6.07, 6.45) is 5.86. The van der Waals surface area contributed by atoms with Crippen molar-refractivity contribution >= 4 is 23.5 Å². The largest absolute Gasteiger partial charge is 0.496 e. The van der Waals surface area contributed by atoms with Gasteiger partial charge >= 0.3 is 0 Å². The second kappa shape index (κ2) is 12.4. The highest BCUT2D eigenvalue weighted by molar-refractivity contribution is 6.06. The zero-order valence-corrected chi connectivity index (χ0v) is 24.4. The van der Waals surface area contributed by atoms with Gasteiger partial charge in [-0.3, -0.25) is 9.59 Å². The average molecular weight is 555 g/mol. The normalized spacial score (nSPS) is 19.0. The lowest BCUT2D eigenvalue weighted by Gasteiger charge is -2.34. The number of rotatable bonds is 10. The van der Waals surface area contributed by atoms with Gasteiger partial charge in [0, 0.05) is 42.3 Å². The number of Topliss-reactive ketones (excluding diaryl/α,β-unsaturated/α-hetero) is 1. The van der Waals surface area contributed by atoms with Gasteiger partial charge in [0.2, 0.25) is 6.41 Å². The van der Waals surface area contributed by atoms with Crippen molar-refractivity contribution in [1.29, 1.82) is 0 Å². The van der Waals surface area contributed by atoms with Crippen molar-refractivity contribution in [2.45, 2.75) is 51.5 Å². The second-order valence-electron chi connectivity index (χ2n) is 11.4. The van der Waals surface area contributed by atoms with Crippen LogP contribution >= 0.6 is 0 Å². The van der Waals surface area contributed by atoms with Crippen LogP contribution in [0.4, 0.5) is 10.1 Å². The van der Waals surface area contributed by atoms with Crippen LogP contribution in [0.3, 0.4) is 0 Å². The van der Waals surface area contributed by atoms with Gasteiger partial charge in [-0.15, -0.1) is 0 Å². The lowest BCUT2D eigenvalue weighted by Crippen LogP contribution is -2.36. The number of ketones is 1. The molecule has 2 aliphatic rings. The number of methoxy groups -OCH3 is 1. The number of halogens is 1. The summed E-state index contributed by atoms with van der Waals surface area (Å²) >= 11 is 0. The van der Waals surface area contributed by atoms with Gasteiger partial charge in [-0.2, -0.15) is 0 Å². The smallest absolute Gasteiger partial charge is 0.213 e. The fourth-order valence-electron chi connectivity index (χ4n) is 6.69. The standard InChI is InChI=1S/C35H39FN2O3/c1-22-30(19-26-6-5-7-32(36)34(22)26)35(40)31(24-8-13-28(37-2)14-9-24)20-27-18-25(12-17-33(27)41-4)23-10-15-29(16-11-23)38(3)21-39/h5-7,10-12,15-18,21,24,28,31,37H,8-9,13-14,19-20H2,1-4H3. The van der Waals surface area contributed by atoms with Crippen LogP contribution in [-0.4, -0.2) is 39.4 Å². The number of benzene rings is 3. The minimum absolute atomic E-state index is 0.139.